The fourth-order valence-corrected chi connectivity index (χ4v) is 1.15. The minimum atomic E-state index is 1.13. The summed E-state index contributed by atoms with van der Waals surface area (Å²) < 4.78 is 0. The summed E-state index contributed by atoms with van der Waals surface area (Å²) in [6.07, 6.45) is 1.20. The molecule has 11 heavy (non-hydrogen) atoms. The van der Waals surface area contributed by atoms with Gasteiger partial charge in [-0.15, -0.1) is 4.90 Å². The number of hydrogen-bond donors (Lipinski definition) is 0. The summed E-state index contributed by atoms with van der Waals surface area (Å²) in [6.45, 7) is 3.32. The Balaban J connectivity index is 2.61. The third-order valence-corrected chi connectivity index (χ3v) is 1.76. The zero-order chi connectivity index (χ0) is 8.10. The zero-order valence-electron chi connectivity index (χ0n) is 7.25. The van der Waals surface area contributed by atoms with Crippen LogP contribution in [0, 0.1) is 0 Å². The van der Waals surface area contributed by atoms with E-state index in [1.807, 2.05) is 6.07 Å². The average Bonchev–Trinajstić information content (AvgIpc) is 2.07. The Morgan fingerprint density at radius 1 is 1.18 bits per heavy atom. The second-order valence-corrected chi connectivity index (χ2v) is 2.76. The summed E-state index contributed by atoms with van der Waals surface area (Å²) in [5.41, 5.74) is 1.30. The topological polar surface area (TPSA) is 5.90 Å². The molecule has 1 nitrogen and oxygen atoms in total. The zero-order valence-corrected chi connectivity index (χ0v) is 7.25. The Hall–Kier alpha value is -0.820. The van der Waals surface area contributed by atoms with Crippen molar-refractivity contribution in [3.63, 3.8) is 0 Å². The summed E-state index contributed by atoms with van der Waals surface area (Å²) in [4.78, 5) is 2.26. The monoisotopic (exact) mass is 149 g/mol. The fraction of sp³-hybridized carbons (Fsp3) is 0.400. The Labute approximate surface area is 68.7 Å². The maximum Gasteiger partial charge on any atom is 0.180 e. The maximum absolute atomic E-state index is 2.26. The van der Waals surface area contributed by atoms with Gasteiger partial charge >= 0.3 is 0 Å². The highest BCUT2D eigenvalue weighted by Crippen LogP contribution is 2.09. The molecule has 0 aliphatic heterocycles. The van der Waals surface area contributed by atoms with Crippen LogP contribution in [0.15, 0.2) is 30.3 Å². The molecule has 0 N–H and O–H groups in total. The van der Waals surface area contributed by atoms with Crippen molar-refractivity contribution in [2.75, 3.05) is 13.6 Å². The third kappa shape index (κ3) is 2.35. The van der Waals surface area contributed by atoms with Crippen molar-refractivity contribution in [3.05, 3.63) is 30.3 Å². The van der Waals surface area contributed by atoms with Crippen LogP contribution in [0.3, 0.4) is 0 Å². The van der Waals surface area contributed by atoms with Gasteiger partial charge in [0, 0.05) is 12.1 Å². The summed E-state index contributed by atoms with van der Waals surface area (Å²) in [6, 6.07) is 10.5. The van der Waals surface area contributed by atoms with Gasteiger partial charge in [-0.25, -0.2) is 0 Å². The van der Waals surface area contributed by atoms with Gasteiger partial charge in [-0.3, -0.25) is 0 Å². The first-order valence-corrected chi connectivity index (χ1v) is 4.10. The van der Waals surface area contributed by atoms with E-state index in [1.165, 1.54) is 12.1 Å². The quantitative estimate of drug-likeness (QED) is 0.582. The van der Waals surface area contributed by atoms with E-state index in [9.17, 15) is 0 Å². The Bertz CT molecular complexity index is 193. The molecule has 0 aromatic heterocycles. The highest BCUT2D eigenvalue weighted by molar-refractivity contribution is 5.37. The normalized spacial score (nSPS) is 10.5. The maximum atomic E-state index is 2.26. The SMILES string of the molecule is CCC[N+](C)c1ccccc1. The summed E-state index contributed by atoms with van der Waals surface area (Å²) in [5, 5.41) is 0. The van der Waals surface area contributed by atoms with Gasteiger partial charge in [0.25, 0.3) is 0 Å². The van der Waals surface area contributed by atoms with Crippen molar-refractivity contribution in [2.45, 2.75) is 13.3 Å². The molecule has 59 valence electrons. The van der Waals surface area contributed by atoms with E-state index in [2.05, 4.69) is 43.1 Å². The summed E-state index contributed by atoms with van der Waals surface area (Å²) in [5.74, 6) is 0. The van der Waals surface area contributed by atoms with Crippen LogP contribution in [0.2, 0.25) is 0 Å². The van der Waals surface area contributed by atoms with E-state index in [0.29, 0.717) is 0 Å². The number of nitrogens with zero attached hydrogens (tertiary/aromatic N) is 1. The van der Waals surface area contributed by atoms with Gasteiger partial charge < -0.3 is 0 Å². The van der Waals surface area contributed by atoms with E-state index in [4.69, 9.17) is 0 Å². The van der Waals surface area contributed by atoms with Gasteiger partial charge in [0.2, 0.25) is 0 Å². The number of rotatable bonds is 3. The number of benzene rings is 1. The Morgan fingerprint density at radius 2 is 1.82 bits per heavy atom. The van der Waals surface area contributed by atoms with Crippen molar-refractivity contribution in [1.29, 1.82) is 0 Å². The van der Waals surface area contributed by atoms with Crippen LogP contribution in [0.1, 0.15) is 13.3 Å². The highest BCUT2D eigenvalue weighted by Gasteiger charge is 2.08. The lowest BCUT2D eigenvalue weighted by Gasteiger charge is -2.03. The van der Waals surface area contributed by atoms with Crippen LogP contribution in [-0.2, 0) is 0 Å². The van der Waals surface area contributed by atoms with Crippen LogP contribution in [0.25, 0.3) is 0 Å². The lowest BCUT2D eigenvalue weighted by atomic mass is 10.3. The molecule has 0 saturated heterocycles. The first kappa shape index (κ1) is 8.28. The molecule has 0 fully saturated rings. The van der Waals surface area contributed by atoms with Crippen molar-refractivity contribution in [3.8, 4) is 0 Å². The summed E-state index contributed by atoms with van der Waals surface area (Å²) >= 11 is 0. The molecule has 1 rings (SSSR count). The van der Waals surface area contributed by atoms with Crippen molar-refractivity contribution in [1.82, 2.24) is 4.90 Å². The lowest BCUT2D eigenvalue weighted by molar-refractivity contribution is 0.613. The largest absolute Gasteiger partial charge is 0.180 e. The molecule has 0 saturated carbocycles. The predicted molar refractivity (Wildman–Crippen MR) is 49.3 cm³/mol. The molecule has 1 aromatic rings. The number of hydrogen-bond acceptors (Lipinski definition) is 1. The fourth-order valence-electron chi connectivity index (χ4n) is 1.15. The van der Waals surface area contributed by atoms with Crippen molar-refractivity contribution >= 4 is 5.69 Å². The molecule has 1 aromatic carbocycles. The Kier molecular flexibility index (Phi) is 3.12. The number of para-hydroxylation sites is 1. The molecule has 1 radical (unpaired) electrons. The van der Waals surface area contributed by atoms with Crippen LogP contribution < -0.4 is 4.90 Å². The van der Waals surface area contributed by atoms with Crippen molar-refractivity contribution in [2.24, 2.45) is 0 Å². The van der Waals surface area contributed by atoms with E-state index in [-0.39, 0.29) is 0 Å². The molecular formula is C10H15N+. The molecule has 0 aliphatic rings. The minimum Gasteiger partial charge on any atom is -0.137 e. The van der Waals surface area contributed by atoms with Gasteiger partial charge in [-0.2, -0.15) is 0 Å². The second kappa shape index (κ2) is 4.14. The first-order valence-electron chi connectivity index (χ1n) is 4.10. The van der Waals surface area contributed by atoms with E-state index < -0.39 is 0 Å². The standard InChI is InChI=1S/C10H15N/c1-3-9-11(2)10-7-5-4-6-8-10/h4-8H,3,9H2,1-2H3/q+1. The van der Waals surface area contributed by atoms with E-state index >= 15 is 0 Å². The molecule has 0 unspecified atom stereocenters. The second-order valence-electron chi connectivity index (χ2n) is 2.76. The molecular weight excluding hydrogens is 134 g/mol. The van der Waals surface area contributed by atoms with Gasteiger partial charge in [-0.05, 0) is 6.42 Å². The average molecular weight is 149 g/mol. The van der Waals surface area contributed by atoms with Crippen LogP contribution >= 0.6 is 0 Å². The van der Waals surface area contributed by atoms with Gasteiger partial charge in [-0.1, -0.05) is 25.1 Å². The number of anilines is 1. The van der Waals surface area contributed by atoms with Crippen LogP contribution in [-0.4, -0.2) is 13.6 Å². The molecule has 1 heteroatoms. The molecule has 0 aliphatic carbocycles. The Morgan fingerprint density at radius 3 is 2.36 bits per heavy atom. The molecule has 0 bridgehead atoms. The lowest BCUT2D eigenvalue weighted by Crippen LogP contribution is -2.18. The minimum absolute atomic E-state index is 1.13. The van der Waals surface area contributed by atoms with Crippen LogP contribution in [0.5, 0.6) is 0 Å². The van der Waals surface area contributed by atoms with Gasteiger partial charge in [0.05, 0.1) is 0 Å². The van der Waals surface area contributed by atoms with Crippen molar-refractivity contribution < 1.29 is 0 Å². The summed E-state index contributed by atoms with van der Waals surface area (Å²) in [7, 11) is 2.12. The first-order chi connectivity index (χ1) is 5.34. The predicted octanol–water partition coefficient (Wildman–Crippen LogP) is 2.50. The molecule has 0 amide bonds. The van der Waals surface area contributed by atoms with Crippen LogP contribution in [0.4, 0.5) is 5.69 Å². The smallest absolute Gasteiger partial charge is 0.137 e. The van der Waals surface area contributed by atoms with E-state index in [1.54, 1.807) is 0 Å². The van der Waals surface area contributed by atoms with Gasteiger partial charge in [0.15, 0.2) is 5.69 Å². The van der Waals surface area contributed by atoms with E-state index in [0.717, 1.165) is 6.54 Å². The molecule has 0 spiro atoms. The molecule has 0 atom stereocenters. The highest BCUT2D eigenvalue weighted by atomic mass is 15.1. The third-order valence-electron chi connectivity index (χ3n) is 1.76. The molecule has 0 heterocycles. The van der Waals surface area contributed by atoms with Gasteiger partial charge in [0.1, 0.15) is 13.6 Å².